The maximum atomic E-state index is 13.2. The van der Waals surface area contributed by atoms with Crippen LogP contribution in [0, 0.1) is 5.82 Å². The van der Waals surface area contributed by atoms with Crippen LogP contribution in [0.3, 0.4) is 0 Å². The topological polar surface area (TPSA) is 49.4 Å². The minimum absolute atomic E-state index is 0.113. The van der Waals surface area contributed by atoms with Gasteiger partial charge in [0.05, 0.1) is 0 Å². The lowest BCUT2D eigenvalue weighted by Crippen LogP contribution is -2.67. The van der Waals surface area contributed by atoms with Gasteiger partial charge in [0.1, 0.15) is 17.4 Å². The predicted molar refractivity (Wildman–Crippen MR) is 81.0 cm³/mol. The number of benzene rings is 1. The summed E-state index contributed by atoms with van der Waals surface area (Å²) in [7, 11) is 0. The fourth-order valence-electron chi connectivity index (χ4n) is 2.36. The zero-order chi connectivity index (χ0) is 15.8. The molecule has 21 heavy (non-hydrogen) atoms. The lowest BCUT2D eigenvalue weighted by atomic mass is 9.94. The number of hydrogen-bond acceptors (Lipinski definition) is 2. The second-order valence-electron chi connectivity index (χ2n) is 5.65. The molecular formula is C15H18BrFN2O2. The summed E-state index contributed by atoms with van der Waals surface area (Å²) in [5.41, 5.74) is -0.168. The molecular weight excluding hydrogens is 339 g/mol. The molecule has 1 aliphatic heterocycles. The number of rotatable bonds is 3. The van der Waals surface area contributed by atoms with Crippen LogP contribution in [0.15, 0.2) is 22.7 Å². The molecule has 0 bridgehead atoms. The minimum Gasteiger partial charge on any atom is -0.342 e. The van der Waals surface area contributed by atoms with Gasteiger partial charge >= 0.3 is 0 Å². The van der Waals surface area contributed by atoms with E-state index in [2.05, 4.69) is 21.2 Å². The minimum atomic E-state index is -0.934. The number of halogens is 2. The first-order valence-corrected chi connectivity index (χ1v) is 7.63. The van der Waals surface area contributed by atoms with Crippen LogP contribution in [-0.2, 0) is 16.1 Å². The van der Waals surface area contributed by atoms with Crippen LogP contribution in [0.5, 0.6) is 0 Å². The van der Waals surface area contributed by atoms with Gasteiger partial charge in [0, 0.05) is 11.0 Å². The molecule has 1 aliphatic rings. The van der Waals surface area contributed by atoms with Crippen molar-refractivity contribution in [1.29, 1.82) is 0 Å². The van der Waals surface area contributed by atoms with Crippen molar-refractivity contribution in [2.75, 3.05) is 0 Å². The van der Waals surface area contributed by atoms with Crippen LogP contribution in [0.1, 0.15) is 32.8 Å². The zero-order valence-corrected chi connectivity index (χ0v) is 13.8. The summed E-state index contributed by atoms with van der Waals surface area (Å²) in [6.07, 6.45) is 0.543. The molecule has 1 atom stereocenters. The number of carbonyl (C=O) groups excluding carboxylic acids is 2. The van der Waals surface area contributed by atoms with Gasteiger partial charge < -0.3 is 10.2 Å². The van der Waals surface area contributed by atoms with Crippen molar-refractivity contribution in [3.63, 3.8) is 0 Å². The van der Waals surface area contributed by atoms with Gasteiger partial charge in [-0.25, -0.2) is 4.39 Å². The van der Waals surface area contributed by atoms with Crippen molar-refractivity contribution >= 4 is 27.7 Å². The highest BCUT2D eigenvalue weighted by atomic mass is 79.9. The van der Waals surface area contributed by atoms with Gasteiger partial charge in [-0.1, -0.05) is 28.9 Å². The van der Waals surface area contributed by atoms with Crippen molar-refractivity contribution < 1.29 is 14.0 Å². The summed E-state index contributed by atoms with van der Waals surface area (Å²) in [6, 6.07) is 3.83. The number of amides is 2. The Morgan fingerprint density at radius 1 is 1.38 bits per heavy atom. The maximum absolute atomic E-state index is 13.2. The highest BCUT2D eigenvalue weighted by molar-refractivity contribution is 9.10. The molecule has 1 fully saturated rings. The third-order valence-corrected chi connectivity index (χ3v) is 4.59. The largest absolute Gasteiger partial charge is 0.342 e. The fraction of sp³-hybridized carbons (Fsp3) is 0.467. The standard InChI is InChI=1S/C15H18BrFN2O2/c1-4-12-13(20)19(15(2,3)14(21)18-12)8-9-5-6-10(17)7-11(9)16/h5-7,12H,4,8H2,1-3H3,(H,18,21). The van der Waals surface area contributed by atoms with E-state index in [1.165, 1.54) is 12.1 Å². The first-order chi connectivity index (χ1) is 9.77. The first kappa shape index (κ1) is 15.9. The molecule has 0 aromatic heterocycles. The average molecular weight is 357 g/mol. The Kier molecular flexibility index (Phi) is 4.37. The number of nitrogens with one attached hydrogen (secondary N) is 1. The number of nitrogens with zero attached hydrogens (tertiary/aromatic N) is 1. The molecule has 4 nitrogen and oxygen atoms in total. The van der Waals surface area contributed by atoms with Crippen molar-refractivity contribution in [1.82, 2.24) is 10.2 Å². The van der Waals surface area contributed by atoms with Gasteiger partial charge in [0.2, 0.25) is 11.8 Å². The quantitative estimate of drug-likeness (QED) is 0.904. The molecule has 114 valence electrons. The van der Waals surface area contributed by atoms with Gasteiger partial charge in [-0.3, -0.25) is 9.59 Å². The number of piperazine rings is 1. The summed E-state index contributed by atoms with van der Waals surface area (Å²) < 4.78 is 13.7. The Hall–Kier alpha value is -1.43. The summed E-state index contributed by atoms with van der Waals surface area (Å²) in [5, 5.41) is 2.74. The van der Waals surface area contributed by atoms with Crippen LogP contribution >= 0.6 is 15.9 Å². The zero-order valence-electron chi connectivity index (χ0n) is 12.2. The van der Waals surface area contributed by atoms with E-state index in [1.807, 2.05) is 6.92 Å². The summed E-state index contributed by atoms with van der Waals surface area (Å²) >= 11 is 3.30. The third-order valence-electron chi connectivity index (χ3n) is 3.85. The number of hydrogen-bond donors (Lipinski definition) is 1. The molecule has 1 saturated heterocycles. The van der Waals surface area contributed by atoms with E-state index < -0.39 is 11.6 Å². The van der Waals surface area contributed by atoms with Crippen molar-refractivity contribution in [2.45, 2.75) is 45.3 Å². The normalized spacial score (nSPS) is 21.4. The highest BCUT2D eigenvalue weighted by Gasteiger charge is 2.45. The van der Waals surface area contributed by atoms with Crippen LogP contribution in [0.4, 0.5) is 4.39 Å². The third kappa shape index (κ3) is 2.95. The monoisotopic (exact) mass is 356 g/mol. The SMILES string of the molecule is CCC1NC(=O)C(C)(C)N(Cc2ccc(F)cc2Br)C1=O. The lowest BCUT2D eigenvalue weighted by Gasteiger charge is -2.44. The van der Waals surface area contributed by atoms with E-state index in [9.17, 15) is 14.0 Å². The van der Waals surface area contributed by atoms with E-state index >= 15 is 0 Å². The summed E-state index contributed by atoms with van der Waals surface area (Å²) in [5.74, 6) is -0.635. The van der Waals surface area contributed by atoms with Gasteiger partial charge in [-0.15, -0.1) is 0 Å². The molecule has 0 aliphatic carbocycles. The molecule has 6 heteroatoms. The summed E-state index contributed by atoms with van der Waals surface area (Å²) in [6.45, 7) is 5.54. The molecule has 0 radical (unpaired) electrons. The van der Waals surface area contributed by atoms with Crippen LogP contribution in [0.2, 0.25) is 0 Å². The van der Waals surface area contributed by atoms with Crippen LogP contribution in [0.25, 0.3) is 0 Å². The predicted octanol–water partition coefficient (Wildman–Crippen LogP) is 2.60. The molecule has 2 rings (SSSR count). The van der Waals surface area contributed by atoms with Crippen molar-refractivity contribution in [3.05, 3.63) is 34.1 Å². The smallest absolute Gasteiger partial charge is 0.246 e. The molecule has 0 spiro atoms. The lowest BCUT2D eigenvalue weighted by molar-refractivity contribution is -0.156. The molecule has 1 heterocycles. The van der Waals surface area contributed by atoms with E-state index in [1.54, 1.807) is 24.8 Å². The maximum Gasteiger partial charge on any atom is 0.246 e. The Balaban J connectivity index is 2.34. The molecule has 1 aromatic rings. The van der Waals surface area contributed by atoms with Crippen LogP contribution in [-0.4, -0.2) is 28.3 Å². The Labute approximate surface area is 131 Å². The molecule has 0 saturated carbocycles. The van der Waals surface area contributed by atoms with E-state index in [4.69, 9.17) is 0 Å². The van der Waals surface area contributed by atoms with Crippen molar-refractivity contribution in [3.8, 4) is 0 Å². The van der Waals surface area contributed by atoms with Gasteiger partial charge in [-0.05, 0) is 38.0 Å². The summed E-state index contributed by atoms with van der Waals surface area (Å²) in [4.78, 5) is 26.3. The molecule has 1 aromatic carbocycles. The second kappa shape index (κ2) is 5.75. The first-order valence-electron chi connectivity index (χ1n) is 6.83. The van der Waals surface area contributed by atoms with Gasteiger partial charge in [0.15, 0.2) is 0 Å². The second-order valence-corrected chi connectivity index (χ2v) is 6.51. The Morgan fingerprint density at radius 2 is 2.05 bits per heavy atom. The number of carbonyl (C=O) groups is 2. The molecule has 1 unspecified atom stereocenters. The van der Waals surface area contributed by atoms with Crippen LogP contribution < -0.4 is 5.32 Å². The molecule has 2 amide bonds. The Bertz CT molecular complexity index is 589. The van der Waals surface area contributed by atoms with E-state index in [-0.39, 0.29) is 24.2 Å². The van der Waals surface area contributed by atoms with Gasteiger partial charge in [0.25, 0.3) is 0 Å². The fourth-order valence-corrected chi connectivity index (χ4v) is 2.83. The van der Waals surface area contributed by atoms with E-state index in [0.717, 1.165) is 5.56 Å². The molecule has 1 N–H and O–H groups in total. The van der Waals surface area contributed by atoms with Gasteiger partial charge in [-0.2, -0.15) is 0 Å². The highest BCUT2D eigenvalue weighted by Crippen LogP contribution is 2.27. The average Bonchev–Trinajstić information content (AvgIpc) is 2.41. The van der Waals surface area contributed by atoms with E-state index in [0.29, 0.717) is 10.9 Å². The van der Waals surface area contributed by atoms with Crippen molar-refractivity contribution in [2.24, 2.45) is 0 Å². The Morgan fingerprint density at radius 3 is 2.62 bits per heavy atom.